The van der Waals surface area contributed by atoms with Gasteiger partial charge in [-0.15, -0.1) is 11.3 Å². The molecule has 1 aromatic carbocycles. The maximum Gasteiger partial charge on any atom is 0.266 e. The second kappa shape index (κ2) is 7.81. The summed E-state index contributed by atoms with van der Waals surface area (Å²) in [7, 11) is 3.04. The van der Waals surface area contributed by atoms with Crippen molar-refractivity contribution in [2.45, 2.75) is 0 Å². The zero-order valence-corrected chi connectivity index (χ0v) is 14.8. The van der Waals surface area contributed by atoms with Gasteiger partial charge in [-0.25, -0.2) is 0 Å². The summed E-state index contributed by atoms with van der Waals surface area (Å²) in [5.74, 6) is 0.564. The minimum absolute atomic E-state index is 0.0113. The zero-order chi connectivity index (χ0) is 16.8. The molecule has 0 saturated carbocycles. The molecule has 0 atom stereocenters. The van der Waals surface area contributed by atoms with Gasteiger partial charge in [0.15, 0.2) is 0 Å². The number of thiophene rings is 1. The standard InChI is InChI=1S/C16H13BrN2O3S/c1-21-11-3-5-13(14(8-11)22-2)19-16(20)10(9-18)7-12-4-6-15(17)23-12/h3-8H,1-2H3,(H,19,20)/b10-7+. The third-order valence-electron chi connectivity index (χ3n) is 2.90. The number of rotatable bonds is 5. The fourth-order valence-electron chi connectivity index (χ4n) is 1.79. The SMILES string of the molecule is COc1ccc(NC(=O)/C(C#N)=C/c2ccc(Br)s2)c(OC)c1. The van der Waals surface area contributed by atoms with Crippen molar-refractivity contribution < 1.29 is 14.3 Å². The van der Waals surface area contributed by atoms with Gasteiger partial charge in [0.25, 0.3) is 5.91 Å². The number of hydrogen-bond acceptors (Lipinski definition) is 5. The number of amides is 1. The van der Waals surface area contributed by atoms with Crippen LogP contribution >= 0.6 is 27.3 Å². The van der Waals surface area contributed by atoms with Crippen LogP contribution in [0.1, 0.15) is 4.88 Å². The van der Waals surface area contributed by atoms with Crippen molar-refractivity contribution in [2.24, 2.45) is 0 Å². The lowest BCUT2D eigenvalue weighted by atomic mass is 10.2. The first kappa shape index (κ1) is 17.1. The molecule has 2 aromatic rings. The van der Waals surface area contributed by atoms with Crippen molar-refractivity contribution >= 4 is 44.9 Å². The summed E-state index contributed by atoms with van der Waals surface area (Å²) in [6.07, 6.45) is 1.54. The number of methoxy groups -OCH3 is 2. The molecule has 0 saturated heterocycles. The summed E-state index contributed by atoms with van der Waals surface area (Å²) in [5, 5.41) is 11.9. The van der Waals surface area contributed by atoms with Crippen molar-refractivity contribution in [1.29, 1.82) is 5.26 Å². The highest BCUT2D eigenvalue weighted by molar-refractivity contribution is 9.11. The highest BCUT2D eigenvalue weighted by Crippen LogP contribution is 2.29. The molecule has 0 radical (unpaired) electrons. The Labute approximate surface area is 146 Å². The number of carbonyl (C=O) groups excluding carboxylic acids is 1. The number of ether oxygens (including phenoxy) is 2. The Morgan fingerprint density at radius 1 is 1.30 bits per heavy atom. The van der Waals surface area contributed by atoms with Crippen molar-refractivity contribution in [1.82, 2.24) is 0 Å². The molecule has 1 heterocycles. The Hall–Kier alpha value is -2.30. The molecule has 2 rings (SSSR count). The highest BCUT2D eigenvalue weighted by atomic mass is 79.9. The fraction of sp³-hybridized carbons (Fsp3) is 0.125. The number of nitriles is 1. The van der Waals surface area contributed by atoms with Crippen LogP contribution in [-0.2, 0) is 4.79 Å². The first-order valence-corrected chi connectivity index (χ1v) is 8.09. The summed E-state index contributed by atoms with van der Waals surface area (Å²) in [5.41, 5.74) is 0.476. The van der Waals surface area contributed by atoms with E-state index in [1.807, 2.05) is 18.2 Å². The van der Waals surface area contributed by atoms with Gasteiger partial charge < -0.3 is 14.8 Å². The molecular weight excluding hydrogens is 380 g/mol. The van der Waals surface area contributed by atoms with Gasteiger partial charge in [-0.1, -0.05) is 0 Å². The lowest BCUT2D eigenvalue weighted by Crippen LogP contribution is -2.14. The summed E-state index contributed by atoms with van der Waals surface area (Å²) in [4.78, 5) is 13.1. The number of halogens is 1. The molecule has 1 aromatic heterocycles. The van der Waals surface area contributed by atoms with Crippen molar-refractivity contribution in [3.63, 3.8) is 0 Å². The Kier molecular flexibility index (Phi) is 5.79. The molecule has 118 valence electrons. The largest absolute Gasteiger partial charge is 0.497 e. The molecule has 0 spiro atoms. The molecule has 0 unspecified atom stereocenters. The molecular formula is C16H13BrN2O3S. The Balaban J connectivity index is 2.23. The van der Waals surface area contributed by atoms with E-state index in [0.717, 1.165) is 8.66 Å². The van der Waals surface area contributed by atoms with Crippen LogP contribution in [-0.4, -0.2) is 20.1 Å². The highest BCUT2D eigenvalue weighted by Gasteiger charge is 2.13. The number of hydrogen-bond donors (Lipinski definition) is 1. The lowest BCUT2D eigenvalue weighted by Gasteiger charge is -2.11. The average Bonchev–Trinajstić information content (AvgIpc) is 2.97. The topological polar surface area (TPSA) is 71.3 Å². The summed E-state index contributed by atoms with van der Waals surface area (Å²) in [6, 6.07) is 10.6. The van der Waals surface area contributed by atoms with Crippen molar-refractivity contribution in [3.8, 4) is 17.6 Å². The predicted molar refractivity (Wildman–Crippen MR) is 93.8 cm³/mol. The molecule has 0 aliphatic heterocycles. The first-order chi connectivity index (χ1) is 11.1. The average molecular weight is 393 g/mol. The van der Waals surface area contributed by atoms with E-state index < -0.39 is 5.91 Å². The van der Waals surface area contributed by atoms with Crippen molar-refractivity contribution in [3.05, 3.63) is 44.6 Å². The lowest BCUT2D eigenvalue weighted by molar-refractivity contribution is -0.112. The molecule has 1 N–H and O–H groups in total. The number of carbonyl (C=O) groups is 1. The second-order valence-electron chi connectivity index (χ2n) is 4.33. The predicted octanol–water partition coefficient (Wildman–Crippen LogP) is 4.07. The van der Waals surface area contributed by atoms with E-state index >= 15 is 0 Å². The number of benzene rings is 1. The van der Waals surface area contributed by atoms with Gasteiger partial charge in [0.05, 0.1) is 23.7 Å². The summed E-state index contributed by atoms with van der Waals surface area (Å²) in [6.45, 7) is 0. The Morgan fingerprint density at radius 3 is 2.65 bits per heavy atom. The molecule has 5 nitrogen and oxygen atoms in total. The molecule has 0 aliphatic rings. The molecule has 0 fully saturated rings. The van der Waals surface area contributed by atoms with Crippen LogP contribution in [0.5, 0.6) is 11.5 Å². The molecule has 0 aliphatic carbocycles. The van der Waals surface area contributed by atoms with Gasteiger partial charge >= 0.3 is 0 Å². The number of nitrogens with one attached hydrogen (secondary N) is 1. The maximum atomic E-state index is 12.3. The summed E-state index contributed by atoms with van der Waals surface area (Å²) >= 11 is 4.78. The minimum Gasteiger partial charge on any atom is -0.497 e. The Morgan fingerprint density at radius 2 is 2.09 bits per heavy atom. The second-order valence-corrected chi connectivity index (χ2v) is 6.83. The van der Waals surface area contributed by atoms with Gasteiger partial charge in [0, 0.05) is 10.9 Å². The van der Waals surface area contributed by atoms with Crippen LogP contribution in [0.15, 0.2) is 39.7 Å². The van der Waals surface area contributed by atoms with Gasteiger partial charge in [0.2, 0.25) is 0 Å². The van der Waals surface area contributed by atoms with E-state index in [2.05, 4.69) is 21.2 Å². The van der Waals surface area contributed by atoms with Gasteiger partial charge in [-0.3, -0.25) is 4.79 Å². The van der Waals surface area contributed by atoms with E-state index in [1.165, 1.54) is 18.4 Å². The third-order valence-corrected chi connectivity index (χ3v) is 4.47. The van der Waals surface area contributed by atoms with Crippen LogP contribution in [0.3, 0.4) is 0 Å². The monoisotopic (exact) mass is 392 g/mol. The van der Waals surface area contributed by atoms with E-state index in [1.54, 1.807) is 31.4 Å². The number of nitrogens with zero attached hydrogens (tertiary/aromatic N) is 1. The molecule has 7 heteroatoms. The number of anilines is 1. The van der Waals surface area contributed by atoms with Gasteiger partial charge in [-0.2, -0.15) is 5.26 Å². The maximum absolute atomic E-state index is 12.3. The van der Waals surface area contributed by atoms with E-state index in [-0.39, 0.29) is 5.57 Å². The van der Waals surface area contributed by atoms with Crippen LogP contribution in [0, 0.1) is 11.3 Å². The molecule has 23 heavy (non-hydrogen) atoms. The van der Waals surface area contributed by atoms with E-state index in [0.29, 0.717) is 17.2 Å². The normalized spacial score (nSPS) is 10.8. The van der Waals surface area contributed by atoms with Crippen molar-refractivity contribution in [2.75, 3.05) is 19.5 Å². The third kappa shape index (κ3) is 4.34. The van der Waals surface area contributed by atoms with E-state index in [9.17, 15) is 10.1 Å². The van der Waals surface area contributed by atoms with Crippen LogP contribution in [0.4, 0.5) is 5.69 Å². The molecule has 1 amide bonds. The quantitative estimate of drug-likeness (QED) is 0.614. The van der Waals surface area contributed by atoms with Crippen LogP contribution < -0.4 is 14.8 Å². The van der Waals surface area contributed by atoms with Gasteiger partial charge in [-0.05, 0) is 46.3 Å². The van der Waals surface area contributed by atoms with Crippen LogP contribution in [0.25, 0.3) is 6.08 Å². The van der Waals surface area contributed by atoms with Crippen LogP contribution in [0.2, 0.25) is 0 Å². The Bertz CT molecular complexity index is 793. The smallest absolute Gasteiger partial charge is 0.266 e. The fourth-order valence-corrected chi connectivity index (χ4v) is 3.16. The first-order valence-electron chi connectivity index (χ1n) is 6.48. The minimum atomic E-state index is -0.500. The summed E-state index contributed by atoms with van der Waals surface area (Å²) < 4.78 is 11.3. The molecule has 0 bridgehead atoms. The zero-order valence-electron chi connectivity index (χ0n) is 12.4. The van der Waals surface area contributed by atoms with Gasteiger partial charge in [0.1, 0.15) is 23.1 Å². The van der Waals surface area contributed by atoms with E-state index in [4.69, 9.17) is 9.47 Å².